The Hall–Kier alpha value is -2.54. The number of thioether (sulfide) groups is 1. The van der Waals surface area contributed by atoms with Crippen LogP contribution in [0.5, 0.6) is 23.0 Å². The van der Waals surface area contributed by atoms with Gasteiger partial charge in [-0.15, -0.1) is 11.8 Å². The van der Waals surface area contributed by atoms with E-state index in [1.165, 1.54) is 12.8 Å². The van der Waals surface area contributed by atoms with Crippen molar-refractivity contribution in [2.45, 2.75) is 43.7 Å². The number of carbonyl (C=O) groups excluding carboxylic acids is 1. The van der Waals surface area contributed by atoms with Crippen LogP contribution in [-0.2, 0) is 11.3 Å². The van der Waals surface area contributed by atoms with E-state index in [2.05, 4.69) is 0 Å². The molecule has 2 heterocycles. The number of rotatable bonds is 6. The van der Waals surface area contributed by atoms with Crippen LogP contribution in [0.25, 0.3) is 0 Å². The van der Waals surface area contributed by atoms with Crippen molar-refractivity contribution in [2.24, 2.45) is 0 Å². The molecule has 158 valence electrons. The minimum absolute atomic E-state index is 0.0558. The Balaban J connectivity index is 1.38. The zero-order chi connectivity index (χ0) is 20.5. The van der Waals surface area contributed by atoms with Gasteiger partial charge in [0, 0.05) is 6.54 Å². The standard InChI is InChI=1S/C23H25NO5S/c1-26-18-9-7-16(11-21(18)29-17-4-2-3-5-17)23-24(22(25)13-30-23)12-15-6-8-19-20(10-15)28-14-27-19/h6-11,17,23H,2-5,12-14H2,1H3. The molecule has 1 unspecified atom stereocenters. The van der Waals surface area contributed by atoms with Crippen molar-refractivity contribution in [3.8, 4) is 23.0 Å². The lowest BCUT2D eigenvalue weighted by molar-refractivity contribution is -0.128. The van der Waals surface area contributed by atoms with E-state index in [-0.39, 0.29) is 24.2 Å². The highest BCUT2D eigenvalue weighted by atomic mass is 32.2. The third kappa shape index (κ3) is 3.78. The van der Waals surface area contributed by atoms with Crippen molar-refractivity contribution in [3.63, 3.8) is 0 Å². The summed E-state index contributed by atoms with van der Waals surface area (Å²) in [5, 5.41) is -0.0558. The third-order valence-electron chi connectivity index (χ3n) is 5.83. The number of carbonyl (C=O) groups is 1. The summed E-state index contributed by atoms with van der Waals surface area (Å²) in [6, 6.07) is 11.9. The number of fused-ring (bicyclic) bond motifs is 1. The van der Waals surface area contributed by atoms with Crippen LogP contribution in [0.3, 0.4) is 0 Å². The molecule has 0 radical (unpaired) electrons. The zero-order valence-electron chi connectivity index (χ0n) is 17.0. The summed E-state index contributed by atoms with van der Waals surface area (Å²) in [4.78, 5) is 14.6. The van der Waals surface area contributed by atoms with Crippen LogP contribution in [0.15, 0.2) is 36.4 Å². The molecule has 1 amide bonds. The second-order valence-electron chi connectivity index (χ2n) is 7.81. The van der Waals surface area contributed by atoms with Crippen LogP contribution in [0.4, 0.5) is 0 Å². The molecule has 30 heavy (non-hydrogen) atoms. The van der Waals surface area contributed by atoms with Gasteiger partial charge in [0.1, 0.15) is 5.37 Å². The highest BCUT2D eigenvalue weighted by Gasteiger charge is 2.34. The predicted octanol–water partition coefficient (Wildman–Crippen LogP) is 4.52. The zero-order valence-corrected chi connectivity index (χ0v) is 17.8. The fraction of sp³-hybridized carbons (Fsp3) is 0.435. The summed E-state index contributed by atoms with van der Waals surface area (Å²) in [6.45, 7) is 0.771. The monoisotopic (exact) mass is 427 g/mol. The van der Waals surface area contributed by atoms with Crippen molar-refractivity contribution in [1.82, 2.24) is 4.90 Å². The Morgan fingerprint density at radius 2 is 1.90 bits per heavy atom. The first-order chi connectivity index (χ1) is 14.7. The molecule has 0 spiro atoms. The van der Waals surface area contributed by atoms with Gasteiger partial charge in [0.15, 0.2) is 23.0 Å². The molecule has 0 bridgehead atoms. The summed E-state index contributed by atoms with van der Waals surface area (Å²) in [7, 11) is 1.66. The number of hydrogen-bond donors (Lipinski definition) is 0. The fourth-order valence-electron chi connectivity index (χ4n) is 4.26. The van der Waals surface area contributed by atoms with Gasteiger partial charge >= 0.3 is 0 Å². The van der Waals surface area contributed by atoms with Gasteiger partial charge in [0.05, 0.1) is 19.0 Å². The van der Waals surface area contributed by atoms with Crippen molar-refractivity contribution in [3.05, 3.63) is 47.5 Å². The smallest absolute Gasteiger partial charge is 0.234 e. The average molecular weight is 428 g/mol. The molecule has 2 fully saturated rings. The molecule has 1 saturated heterocycles. The average Bonchev–Trinajstić information content (AvgIpc) is 3.50. The molecule has 0 aromatic heterocycles. The molecule has 1 aliphatic carbocycles. The van der Waals surface area contributed by atoms with E-state index >= 15 is 0 Å². The number of methoxy groups -OCH3 is 1. The molecule has 2 aromatic rings. The van der Waals surface area contributed by atoms with Crippen LogP contribution < -0.4 is 18.9 Å². The number of benzene rings is 2. The topological polar surface area (TPSA) is 57.2 Å². The van der Waals surface area contributed by atoms with Crippen LogP contribution in [0.2, 0.25) is 0 Å². The van der Waals surface area contributed by atoms with Crippen molar-refractivity contribution in [1.29, 1.82) is 0 Å². The highest BCUT2D eigenvalue weighted by molar-refractivity contribution is 8.00. The first kappa shape index (κ1) is 19.4. The van der Waals surface area contributed by atoms with E-state index in [1.807, 2.05) is 41.3 Å². The number of ether oxygens (including phenoxy) is 4. The summed E-state index contributed by atoms with van der Waals surface area (Å²) >= 11 is 1.65. The molecule has 2 aromatic carbocycles. The van der Waals surface area contributed by atoms with Crippen LogP contribution >= 0.6 is 11.8 Å². The minimum Gasteiger partial charge on any atom is -0.493 e. The quantitative estimate of drug-likeness (QED) is 0.676. The van der Waals surface area contributed by atoms with Crippen LogP contribution in [0, 0.1) is 0 Å². The highest BCUT2D eigenvalue weighted by Crippen LogP contribution is 2.43. The SMILES string of the molecule is COc1ccc(C2SCC(=O)N2Cc2ccc3c(c2)OCO3)cc1OC1CCCC1. The Labute approximate surface area is 180 Å². The number of hydrogen-bond acceptors (Lipinski definition) is 6. The van der Waals surface area contributed by atoms with E-state index in [0.29, 0.717) is 12.3 Å². The summed E-state index contributed by atoms with van der Waals surface area (Å²) < 4.78 is 22.7. The van der Waals surface area contributed by atoms with Gasteiger partial charge in [0.2, 0.25) is 12.7 Å². The van der Waals surface area contributed by atoms with E-state index in [1.54, 1.807) is 18.9 Å². The Morgan fingerprint density at radius 3 is 2.73 bits per heavy atom. The molecule has 0 N–H and O–H groups in total. The Bertz CT molecular complexity index is 943. The maximum Gasteiger partial charge on any atom is 0.234 e. The maximum absolute atomic E-state index is 12.7. The lowest BCUT2D eigenvalue weighted by atomic mass is 10.1. The second kappa shape index (κ2) is 8.30. The Kier molecular flexibility index (Phi) is 5.37. The van der Waals surface area contributed by atoms with Gasteiger partial charge in [-0.2, -0.15) is 0 Å². The number of nitrogens with zero attached hydrogens (tertiary/aromatic N) is 1. The molecule has 7 heteroatoms. The Morgan fingerprint density at radius 1 is 1.07 bits per heavy atom. The molecule has 6 nitrogen and oxygen atoms in total. The maximum atomic E-state index is 12.7. The molecule has 1 atom stereocenters. The summed E-state index contributed by atoms with van der Waals surface area (Å²) in [5.41, 5.74) is 2.08. The third-order valence-corrected chi connectivity index (χ3v) is 7.08. The van der Waals surface area contributed by atoms with Gasteiger partial charge in [-0.3, -0.25) is 4.79 Å². The molecule has 2 aliphatic heterocycles. The lowest BCUT2D eigenvalue weighted by Crippen LogP contribution is -2.27. The normalized spacial score (nSPS) is 20.8. The molecule has 3 aliphatic rings. The van der Waals surface area contributed by atoms with E-state index in [9.17, 15) is 4.79 Å². The van der Waals surface area contributed by atoms with Crippen molar-refractivity contribution in [2.75, 3.05) is 19.7 Å². The van der Waals surface area contributed by atoms with Gasteiger partial charge in [-0.1, -0.05) is 12.1 Å². The fourth-order valence-corrected chi connectivity index (χ4v) is 5.44. The van der Waals surface area contributed by atoms with Crippen LogP contribution in [0.1, 0.15) is 42.2 Å². The van der Waals surface area contributed by atoms with Crippen molar-refractivity contribution >= 4 is 17.7 Å². The molecular formula is C23H25NO5S. The predicted molar refractivity (Wildman–Crippen MR) is 114 cm³/mol. The first-order valence-corrected chi connectivity index (χ1v) is 11.4. The van der Waals surface area contributed by atoms with E-state index < -0.39 is 0 Å². The number of amides is 1. The minimum atomic E-state index is -0.0558. The first-order valence-electron chi connectivity index (χ1n) is 10.4. The lowest BCUT2D eigenvalue weighted by Gasteiger charge is -2.25. The summed E-state index contributed by atoms with van der Waals surface area (Å²) in [5.74, 6) is 3.60. The molecular weight excluding hydrogens is 402 g/mol. The molecule has 5 rings (SSSR count). The van der Waals surface area contributed by atoms with Crippen molar-refractivity contribution < 1.29 is 23.7 Å². The van der Waals surface area contributed by atoms with Gasteiger partial charge in [-0.05, 0) is 61.1 Å². The second-order valence-corrected chi connectivity index (χ2v) is 8.88. The van der Waals surface area contributed by atoms with Gasteiger partial charge in [0.25, 0.3) is 0 Å². The van der Waals surface area contributed by atoms with Gasteiger partial charge < -0.3 is 23.8 Å². The van der Waals surface area contributed by atoms with E-state index in [0.717, 1.165) is 47.0 Å². The summed E-state index contributed by atoms with van der Waals surface area (Å²) in [6.07, 6.45) is 4.84. The largest absolute Gasteiger partial charge is 0.493 e. The van der Waals surface area contributed by atoms with E-state index in [4.69, 9.17) is 18.9 Å². The van der Waals surface area contributed by atoms with Gasteiger partial charge in [-0.25, -0.2) is 0 Å². The van der Waals surface area contributed by atoms with Crippen LogP contribution in [-0.4, -0.2) is 36.6 Å². The molecule has 1 saturated carbocycles.